The van der Waals surface area contributed by atoms with Gasteiger partial charge in [-0.25, -0.2) is 0 Å². The fraction of sp³-hybridized carbons (Fsp3) is 0.462. The van der Waals surface area contributed by atoms with Gasteiger partial charge in [0.2, 0.25) is 0 Å². The molecule has 14 heavy (non-hydrogen) atoms. The first-order chi connectivity index (χ1) is 6.56. The maximum atomic E-state index is 11.5. The van der Waals surface area contributed by atoms with E-state index < -0.39 is 0 Å². The highest BCUT2D eigenvalue weighted by molar-refractivity contribution is 5.99. The lowest BCUT2D eigenvalue weighted by atomic mass is 9.99. The topological polar surface area (TPSA) is 17.1 Å². The molecule has 1 heteroatoms. The van der Waals surface area contributed by atoms with Crippen LogP contribution in [0, 0.1) is 0 Å². The van der Waals surface area contributed by atoms with Gasteiger partial charge in [-0.3, -0.25) is 4.79 Å². The van der Waals surface area contributed by atoms with Crippen molar-refractivity contribution in [1.82, 2.24) is 0 Å². The summed E-state index contributed by atoms with van der Waals surface area (Å²) < 4.78 is 0. The first-order valence-electron chi connectivity index (χ1n) is 5.07. The van der Waals surface area contributed by atoms with Gasteiger partial charge in [0.05, 0.1) is 0 Å². The minimum Gasteiger partial charge on any atom is -0.294 e. The van der Waals surface area contributed by atoms with Gasteiger partial charge in [-0.2, -0.15) is 0 Å². The van der Waals surface area contributed by atoms with Gasteiger partial charge in [0.1, 0.15) is 0 Å². The fourth-order valence-electron chi connectivity index (χ4n) is 1.30. The number of hydrogen-bond acceptors (Lipinski definition) is 1. The van der Waals surface area contributed by atoms with Gasteiger partial charge in [0, 0.05) is 12.0 Å². The van der Waals surface area contributed by atoms with Gasteiger partial charge < -0.3 is 0 Å². The van der Waals surface area contributed by atoms with Crippen molar-refractivity contribution in [2.24, 2.45) is 0 Å². The van der Waals surface area contributed by atoms with E-state index in [1.54, 1.807) is 0 Å². The summed E-state index contributed by atoms with van der Waals surface area (Å²) in [5.74, 6) is 0.213. The molecule has 0 rings (SSSR count). The maximum Gasteiger partial charge on any atom is 0.162 e. The van der Waals surface area contributed by atoms with Crippen LogP contribution in [0.2, 0.25) is 0 Å². The van der Waals surface area contributed by atoms with Crippen molar-refractivity contribution in [2.45, 2.75) is 41.0 Å². The molecule has 0 saturated heterocycles. The molecule has 0 aromatic heterocycles. The summed E-state index contributed by atoms with van der Waals surface area (Å²) in [6, 6.07) is 0. The predicted molar refractivity (Wildman–Crippen MR) is 62.2 cm³/mol. The molecule has 1 nitrogen and oxygen atoms in total. The third-order valence-corrected chi connectivity index (χ3v) is 2.23. The van der Waals surface area contributed by atoms with Crippen molar-refractivity contribution in [3.63, 3.8) is 0 Å². The highest BCUT2D eigenvalue weighted by Crippen LogP contribution is 2.14. The van der Waals surface area contributed by atoms with E-state index >= 15 is 0 Å². The van der Waals surface area contributed by atoms with E-state index in [1.807, 2.05) is 52.8 Å². The minimum atomic E-state index is 0.213. The lowest BCUT2D eigenvalue weighted by Gasteiger charge is -2.05. The number of hydrogen-bond donors (Lipinski definition) is 0. The molecular formula is C13H20O. The number of carbonyl (C=O) groups excluding carboxylic acids is 1. The first kappa shape index (κ1) is 12.9. The molecular weight excluding hydrogens is 172 g/mol. The first-order valence-corrected chi connectivity index (χ1v) is 5.07. The summed E-state index contributed by atoms with van der Waals surface area (Å²) in [6.07, 6.45) is 6.54. The molecule has 0 saturated carbocycles. The van der Waals surface area contributed by atoms with E-state index in [0.717, 1.165) is 11.1 Å². The summed E-state index contributed by atoms with van der Waals surface area (Å²) >= 11 is 0. The Kier molecular flexibility index (Phi) is 5.86. The van der Waals surface area contributed by atoms with E-state index in [2.05, 4.69) is 0 Å². The second-order valence-electron chi connectivity index (χ2n) is 3.34. The lowest BCUT2D eigenvalue weighted by molar-refractivity contribution is -0.115. The molecule has 0 aliphatic heterocycles. The molecule has 0 radical (unpaired) electrons. The second-order valence-corrected chi connectivity index (χ2v) is 3.34. The molecule has 0 amide bonds. The fourth-order valence-corrected chi connectivity index (χ4v) is 1.30. The number of allylic oxidation sites excluding steroid dienone is 6. The van der Waals surface area contributed by atoms with Crippen molar-refractivity contribution >= 4 is 5.78 Å². The Balaban J connectivity index is 4.91. The van der Waals surface area contributed by atoms with Gasteiger partial charge in [0.15, 0.2) is 5.78 Å². The molecule has 0 bridgehead atoms. The van der Waals surface area contributed by atoms with Gasteiger partial charge in [-0.1, -0.05) is 30.7 Å². The standard InChI is InChI=1S/C13H20O/c1-6-10(4)9-11(5)12(7-2)13(14)8-3/h6-7,9H,8H2,1-5H3/b10-6-,11-9-,12-7+. The highest BCUT2D eigenvalue weighted by Gasteiger charge is 2.07. The van der Waals surface area contributed by atoms with Crippen LogP contribution in [0.3, 0.4) is 0 Å². The summed E-state index contributed by atoms with van der Waals surface area (Å²) in [5.41, 5.74) is 3.08. The van der Waals surface area contributed by atoms with Gasteiger partial charge in [-0.15, -0.1) is 0 Å². The van der Waals surface area contributed by atoms with Crippen LogP contribution in [0.5, 0.6) is 0 Å². The maximum absolute atomic E-state index is 11.5. The number of carbonyl (C=O) groups is 1. The molecule has 0 unspecified atom stereocenters. The molecule has 0 aromatic rings. The molecule has 0 fully saturated rings. The molecule has 0 aliphatic rings. The molecule has 0 aromatic carbocycles. The normalized spacial score (nSPS) is 14.5. The molecule has 0 aliphatic carbocycles. The van der Waals surface area contributed by atoms with Crippen LogP contribution in [0.4, 0.5) is 0 Å². The summed E-state index contributed by atoms with van der Waals surface area (Å²) in [4.78, 5) is 11.5. The Hall–Kier alpha value is -1.11. The summed E-state index contributed by atoms with van der Waals surface area (Å²) in [5, 5.41) is 0. The Bertz CT molecular complexity index is 290. The lowest BCUT2D eigenvalue weighted by Crippen LogP contribution is -2.01. The smallest absolute Gasteiger partial charge is 0.162 e. The van der Waals surface area contributed by atoms with Crippen LogP contribution in [0.25, 0.3) is 0 Å². The number of rotatable bonds is 4. The number of Topliss-reactive ketones (excluding diaryl/α,β-unsaturated/α-hetero) is 1. The Labute approximate surface area is 87.2 Å². The van der Waals surface area contributed by atoms with Crippen LogP contribution in [0.15, 0.2) is 34.9 Å². The van der Waals surface area contributed by atoms with E-state index in [1.165, 1.54) is 5.57 Å². The zero-order valence-electron chi connectivity index (χ0n) is 9.85. The van der Waals surface area contributed by atoms with Crippen LogP contribution < -0.4 is 0 Å². The Morgan fingerprint density at radius 1 is 1.14 bits per heavy atom. The zero-order chi connectivity index (χ0) is 11.1. The monoisotopic (exact) mass is 192 g/mol. The average Bonchev–Trinajstić information content (AvgIpc) is 2.18. The third kappa shape index (κ3) is 3.73. The van der Waals surface area contributed by atoms with Crippen molar-refractivity contribution < 1.29 is 4.79 Å². The minimum absolute atomic E-state index is 0.213. The van der Waals surface area contributed by atoms with Gasteiger partial charge in [0.25, 0.3) is 0 Å². The van der Waals surface area contributed by atoms with Crippen LogP contribution in [-0.4, -0.2) is 5.78 Å². The quantitative estimate of drug-likeness (QED) is 0.489. The van der Waals surface area contributed by atoms with E-state index in [0.29, 0.717) is 6.42 Å². The number of ketones is 1. The van der Waals surface area contributed by atoms with Crippen LogP contribution >= 0.6 is 0 Å². The Morgan fingerprint density at radius 2 is 1.71 bits per heavy atom. The third-order valence-electron chi connectivity index (χ3n) is 2.23. The Morgan fingerprint density at radius 3 is 2.07 bits per heavy atom. The molecule has 0 heterocycles. The van der Waals surface area contributed by atoms with Crippen LogP contribution in [0.1, 0.15) is 41.0 Å². The van der Waals surface area contributed by atoms with E-state index in [4.69, 9.17) is 0 Å². The van der Waals surface area contributed by atoms with E-state index in [9.17, 15) is 4.79 Å². The largest absolute Gasteiger partial charge is 0.294 e. The molecule has 0 N–H and O–H groups in total. The average molecular weight is 192 g/mol. The van der Waals surface area contributed by atoms with Crippen molar-refractivity contribution in [3.05, 3.63) is 34.9 Å². The van der Waals surface area contributed by atoms with Crippen molar-refractivity contribution in [1.29, 1.82) is 0 Å². The second kappa shape index (κ2) is 6.36. The predicted octanol–water partition coefficient (Wildman–Crippen LogP) is 3.82. The van der Waals surface area contributed by atoms with Gasteiger partial charge >= 0.3 is 0 Å². The van der Waals surface area contributed by atoms with Crippen molar-refractivity contribution in [3.8, 4) is 0 Å². The molecule has 78 valence electrons. The zero-order valence-corrected chi connectivity index (χ0v) is 9.85. The highest BCUT2D eigenvalue weighted by atomic mass is 16.1. The summed E-state index contributed by atoms with van der Waals surface area (Å²) in [7, 11) is 0. The van der Waals surface area contributed by atoms with E-state index in [-0.39, 0.29) is 5.78 Å². The van der Waals surface area contributed by atoms with Crippen LogP contribution in [-0.2, 0) is 4.79 Å². The molecule has 0 atom stereocenters. The van der Waals surface area contributed by atoms with Gasteiger partial charge in [-0.05, 0) is 33.3 Å². The van der Waals surface area contributed by atoms with Crippen molar-refractivity contribution in [2.75, 3.05) is 0 Å². The summed E-state index contributed by atoms with van der Waals surface area (Å²) in [6.45, 7) is 9.81. The SMILES string of the molecule is C\C=C(C)/C=C(C)\C(=C/C)C(=O)CC. The molecule has 0 spiro atoms.